The predicted octanol–water partition coefficient (Wildman–Crippen LogP) is -0.370. The summed E-state index contributed by atoms with van der Waals surface area (Å²) < 4.78 is 17.4. The summed E-state index contributed by atoms with van der Waals surface area (Å²) >= 11 is 0. The Balaban J connectivity index is 2.68. The van der Waals surface area contributed by atoms with Crippen molar-refractivity contribution >= 4 is 11.9 Å². The van der Waals surface area contributed by atoms with Crippen LogP contribution in [-0.4, -0.2) is 54.1 Å². The number of aliphatic imine (C=N–C) groups is 1. The van der Waals surface area contributed by atoms with Crippen LogP contribution in [0.1, 0.15) is 12.0 Å². The molecule has 0 aliphatic rings. The number of aliphatic hydroxyl groups is 1. The summed E-state index contributed by atoms with van der Waals surface area (Å²) in [5, 5.41) is 18.1. The van der Waals surface area contributed by atoms with Crippen molar-refractivity contribution in [2.75, 3.05) is 19.8 Å². The lowest BCUT2D eigenvalue weighted by Gasteiger charge is -2.18. The van der Waals surface area contributed by atoms with Crippen molar-refractivity contribution in [1.82, 2.24) is 0 Å². The second kappa shape index (κ2) is 10.5. The number of benzene rings is 1. The minimum Gasteiger partial charge on any atom is -0.491 e. The monoisotopic (exact) mass is 356 g/mol. The molecule has 0 bridgehead atoms. The van der Waals surface area contributed by atoms with Gasteiger partial charge in [0.15, 0.2) is 5.96 Å². The Kier molecular flexibility index (Phi) is 8.65. The number of aliphatic hydroxyl groups excluding tert-OH is 1. The van der Waals surface area contributed by atoms with Crippen molar-refractivity contribution in [3.8, 4) is 5.75 Å². The van der Waals surface area contributed by atoms with Gasteiger partial charge in [-0.1, -0.05) is 12.1 Å². The summed E-state index contributed by atoms with van der Waals surface area (Å²) in [6.45, 7) is -0.727. The molecule has 1 aromatic carbocycles. The van der Waals surface area contributed by atoms with Gasteiger partial charge in [0.05, 0.1) is 0 Å². The maximum atomic E-state index is 12.2. The normalized spacial score (nSPS) is 14.4. The molecule has 1 rings (SSSR count). The molecule has 140 valence electrons. The zero-order valence-electron chi connectivity index (χ0n) is 13.8. The molecule has 1 unspecified atom stereocenters. The highest BCUT2D eigenvalue weighted by molar-refractivity contribution is 5.75. The summed E-state index contributed by atoms with van der Waals surface area (Å²) in [5.74, 6) is -0.790. The highest BCUT2D eigenvalue weighted by Crippen LogP contribution is 2.18. The van der Waals surface area contributed by atoms with E-state index in [4.69, 9.17) is 32.2 Å². The number of ether oxygens (including phenoxy) is 1. The van der Waals surface area contributed by atoms with Crippen LogP contribution in [0.5, 0.6) is 5.75 Å². The maximum absolute atomic E-state index is 12.2. The van der Waals surface area contributed by atoms with Crippen LogP contribution in [0.25, 0.3) is 0 Å². The van der Waals surface area contributed by atoms with E-state index in [2.05, 4.69) is 4.99 Å². The highest BCUT2D eigenvalue weighted by Gasteiger charge is 2.19. The number of aliphatic carboxylic acids is 1. The molecule has 9 heteroatoms. The van der Waals surface area contributed by atoms with Crippen LogP contribution in [0.3, 0.4) is 0 Å². The van der Waals surface area contributed by atoms with Gasteiger partial charge in [-0.25, -0.2) is 4.39 Å². The molecule has 0 aliphatic heterocycles. The quantitative estimate of drug-likeness (QED) is 0.267. The molecule has 0 amide bonds. The number of carbonyl (C=O) groups is 1. The van der Waals surface area contributed by atoms with E-state index in [1.807, 2.05) is 0 Å². The summed E-state index contributed by atoms with van der Waals surface area (Å²) in [6.07, 6.45) is -0.390. The second-order valence-corrected chi connectivity index (χ2v) is 5.78. The summed E-state index contributed by atoms with van der Waals surface area (Å²) in [7, 11) is 0. The summed E-state index contributed by atoms with van der Waals surface area (Å²) in [6, 6.07) is 5.98. The van der Waals surface area contributed by atoms with Crippen molar-refractivity contribution in [3.05, 3.63) is 29.8 Å². The largest absolute Gasteiger partial charge is 0.491 e. The van der Waals surface area contributed by atoms with Gasteiger partial charge in [-0.15, -0.1) is 0 Å². The number of carboxylic acids is 1. The molecular weight excluding hydrogens is 331 g/mol. The van der Waals surface area contributed by atoms with Gasteiger partial charge in [-0.3, -0.25) is 9.79 Å². The maximum Gasteiger partial charge on any atom is 0.320 e. The topological polar surface area (TPSA) is 157 Å². The molecule has 0 saturated heterocycles. The third kappa shape index (κ3) is 8.32. The van der Waals surface area contributed by atoms with Crippen LogP contribution in [0, 0.1) is 5.92 Å². The minimum absolute atomic E-state index is 0.0657. The number of hydrogen-bond donors (Lipinski definition) is 5. The zero-order chi connectivity index (χ0) is 18.8. The molecule has 0 radical (unpaired) electrons. The van der Waals surface area contributed by atoms with Crippen LogP contribution in [0.15, 0.2) is 29.3 Å². The average Bonchev–Trinajstić information content (AvgIpc) is 2.58. The standard InChI is InChI=1S/C16H25FN4O4/c17-7-12(22)9-25-13-3-1-10(2-4-13)5-11(8-21-16(19)20)6-14(18)15(23)24/h1-4,11-12,14,22H,5-9,18H2,(H,23,24)(H4,19,20,21)/t11-,12?,14-/m0/s1. The van der Waals surface area contributed by atoms with Crippen LogP contribution < -0.4 is 21.9 Å². The molecule has 1 aromatic rings. The van der Waals surface area contributed by atoms with Gasteiger partial charge in [0.25, 0.3) is 0 Å². The molecule has 0 aromatic heterocycles. The van der Waals surface area contributed by atoms with Crippen LogP contribution in [0.2, 0.25) is 0 Å². The second-order valence-electron chi connectivity index (χ2n) is 5.78. The Morgan fingerprint density at radius 3 is 2.44 bits per heavy atom. The highest BCUT2D eigenvalue weighted by atomic mass is 19.1. The van der Waals surface area contributed by atoms with E-state index in [1.165, 1.54) is 0 Å². The SMILES string of the molecule is NC(N)=NC[C@@H](Cc1ccc(OCC(O)CF)cc1)C[C@H](N)C(=O)O. The number of nitrogens with two attached hydrogens (primary N) is 3. The number of carboxylic acid groups (broad SMARTS) is 1. The summed E-state index contributed by atoms with van der Waals surface area (Å²) in [5.41, 5.74) is 17.2. The molecule has 0 spiro atoms. The van der Waals surface area contributed by atoms with Crippen molar-refractivity contribution in [1.29, 1.82) is 0 Å². The van der Waals surface area contributed by atoms with Crippen molar-refractivity contribution in [2.24, 2.45) is 28.1 Å². The number of hydrogen-bond acceptors (Lipinski definition) is 5. The fourth-order valence-electron chi connectivity index (χ4n) is 2.21. The lowest BCUT2D eigenvalue weighted by molar-refractivity contribution is -0.138. The first kappa shape index (κ1) is 20.7. The predicted molar refractivity (Wildman–Crippen MR) is 92.0 cm³/mol. The Bertz CT molecular complexity index is 564. The molecule has 0 heterocycles. The lowest BCUT2D eigenvalue weighted by atomic mass is 9.93. The zero-order valence-corrected chi connectivity index (χ0v) is 13.8. The number of rotatable bonds is 11. The van der Waals surface area contributed by atoms with Crippen LogP contribution in [0.4, 0.5) is 4.39 Å². The summed E-state index contributed by atoms with van der Waals surface area (Å²) in [4.78, 5) is 14.9. The number of nitrogens with zero attached hydrogens (tertiary/aromatic N) is 1. The first-order valence-corrected chi connectivity index (χ1v) is 7.81. The van der Waals surface area contributed by atoms with Crippen LogP contribution >= 0.6 is 0 Å². The van der Waals surface area contributed by atoms with E-state index < -0.39 is 24.8 Å². The van der Waals surface area contributed by atoms with Gasteiger partial charge >= 0.3 is 5.97 Å². The fraction of sp³-hybridized carbons (Fsp3) is 0.500. The molecule has 25 heavy (non-hydrogen) atoms. The molecule has 0 fully saturated rings. The van der Waals surface area contributed by atoms with Crippen molar-refractivity contribution in [2.45, 2.75) is 25.0 Å². The van der Waals surface area contributed by atoms with Gasteiger partial charge in [-0.05, 0) is 36.5 Å². The molecule has 8 N–H and O–H groups in total. The molecule has 8 nitrogen and oxygen atoms in total. The van der Waals surface area contributed by atoms with E-state index in [0.29, 0.717) is 12.2 Å². The molecule has 0 aliphatic carbocycles. The lowest BCUT2D eigenvalue weighted by Crippen LogP contribution is -2.34. The van der Waals surface area contributed by atoms with Crippen molar-refractivity contribution in [3.63, 3.8) is 0 Å². The Morgan fingerprint density at radius 2 is 1.92 bits per heavy atom. The van der Waals surface area contributed by atoms with E-state index in [1.54, 1.807) is 24.3 Å². The smallest absolute Gasteiger partial charge is 0.320 e. The number of guanidine groups is 1. The number of halogens is 1. The van der Waals surface area contributed by atoms with Gasteiger partial charge in [0, 0.05) is 6.54 Å². The third-order valence-corrected chi connectivity index (χ3v) is 3.50. The fourth-order valence-corrected chi connectivity index (χ4v) is 2.21. The third-order valence-electron chi connectivity index (χ3n) is 3.50. The molecule has 0 saturated carbocycles. The van der Waals surface area contributed by atoms with E-state index in [-0.39, 0.29) is 31.4 Å². The molecule has 3 atom stereocenters. The van der Waals surface area contributed by atoms with Crippen LogP contribution in [-0.2, 0) is 11.2 Å². The Hall–Kier alpha value is -2.39. The number of alkyl halides is 1. The van der Waals surface area contributed by atoms with Gasteiger partial charge in [0.1, 0.15) is 31.2 Å². The van der Waals surface area contributed by atoms with Gasteiger partial charge < -0.3 is 32.2 Å². The Morgan fingerprint density at radius 1 is 1.28 bits per heavy atom. The molecular formula is C16H25FN4O4. The van der Waals surface area contributed by atoms with E-state index in [0.717, 1.165) is 5.56 Å². The van der Waals surface area contributed by atoms with Gasteiger partial charge in [-0.2, -0.15) is 0 Å². The van der Waals surface area contributed by atoms with Crippen molar-refractivity contribution < 1.29 is 24.1 Å². The minimum atomic E-state index is -1.15. The Labute approximate surface area is 145 Å². The first-order valence-electron chi connectivity index (χ1n) is 7.81. The van der Waals surface area contributed by atoms with Gasteiger partial charge in [0.2, 0.25) is 0 Å². The van der Waals surface area contributed by atoms with E-state index in [9.17, 15) is 9.18 Å². The van der Waals surface area contributed by atoms with E-state index >= 15 is 0 Å². The first-order chi connectivity index (χ1) is 11.8. The average molecular weight is 356 g/mol.